The Bertz CT molecular complexity index is 833. The number of carbonyl (C=O) groups is 2. The first-order valence-electron chi connectivity index (χ1n) is 9.82. The number of esters is 1. The van der Waals surface area contributed by atoms with Gasteiger partial charge in [0.05, 0.1) is 7.11 Å². The van der Waals surface area contributed by atoms with Gasteiger partial charge in [-0.15, -0.1) is 0 Å². The predicted octanol–water partition coefficient (Wildman–Crippen LogP) is 2.74. The molecule has 162 valence electrons. The van der Waals surface area contributed by atoms with Crippen molar-refractivity contribution in [3.63, 3.8) is 0 Å². The first-order valence-corrected chi connectivity index (χ1v) is 9.82. The topological polar surface area (TPSA) is 96.9 Å². The number of benzene rings is 2. The highest BCUT2D eigenvalue weighted by atomic mass is 16.6. The van der Waals surface area contributed by atoms with Gasteiger partial charge >= 0.3 is 11.9 Å². The molecule has 0 amide bonds. The van der Waals surface area contributed by atoms with Crippen LogP contribution in [0, 0.1) is 0 Å². The lowest BCUT2D eigenvalue weighted by molar-refractivity contribution is -0.158. The van der Waals surface area contributed by atoms with E-state index in [0.717, 1.165) is 11.1 Å². The minimum atomic E-state index is -1.05. The van der Waals surface area contributed by atoms with Crippen LogP contribution in [-0.4, -0.2) is 41.8 Å². The van der Waals surface area contributed by atoms with Crippen molar-refractivity contribution in [2.24, 2.45) is 0 Å². The van der Waals surface area contributed by atoms with Crippen LogP contribution in [0.5, 0.6) is 5.75 Å². The molecule has 30 heavy (non-hydrogen) atoms. The van der Waals surface area contributed by atoms with Crippen molar-refractivity contribution >= 4 is 11.9 Å². The Morgan fingerprint density at radius 2 is 1.53 bits per heavy atom. The van der Waals surface area contributed by atoms with E-state index in [-0.39, 0.29) is 6.42 Å². The fraction of sp³-hybridized carbons (Fsp3) is 0.391. The van der Waals surface area contributed by atoms with E-state index in [4.69, 9.17) is 9.47 Å². The lowest BCUT2D eigenvalue weighted by Crippen LogP contribution is -2.55. The van der Waals surface area contributed by atoms with Crippen LogP contribution in [0.4, 0.5) is 0 Å². The summed E-state index contributed by atoms with van der Waals surface area (Å²) in [5.41, 5.74) is 6.71. The third-order valence-electron chi connectivity index (χ3n) is 4.32. The Hall–Kier alpha value is -2.90. The van der Waals surface area contributed by atoms with Crippen molar-refractivity contribution in [1.82, 2.24) is 10.9 Å². The molecule has 7 heteroatoms. The fourth-order valence-electron chi connectivity index (χ4n) is 2.91. The number of nitrogens with one attached hydrogen (secondary N) is 2. The van der Waals surface area contributed by atoms with E-state index in [0.29, 0.717) is 12.2 Å². The van der Waals surface area contributed by atoms with Gasteiger partial charge in [0.25, 0.3) is 0 Å². The van der Waals surface area contributed by atoms with Crippen LogP contribution in [0.3, 0.4) is 0 Å². The summed E-state index contributed by atoms with van der Waals surface area (Å²) in [7, 11) is 1.54. The minimum absolute atomic E-state index is 0.179. The molecule has 2 aromatic carbocycles. The second-order valence-electron chi connectivity index (χ2n) is 7.97. The highest BCUT2D eigenvalue weighted by molar-refractivity contribution is 5.77. The van der Waals surface area contributed by atoms with E-state index in [1.54, 1.807) is 33.9 Å². The lowest BCUT2D eigenvalue weighted by atomic mass is 10.0. The predicted molar refractivity (Wildman–Crippen MR) is 114 cm³/mol. The van der Waals surface area contributed by atoms with Crippen molar-refractivity contribution in [3.8, 4) is 5.75 Å². The van der Waals surface area contributed by atoms with E-state index in [1.165, 1.54) is 0 Å². The second kappa shape index (κ2) is 10.8. The normalized spacial score (nSPS) is 13.3. The molecule has 0 radical (unpaired) electrons. The minimum Gasteiger partial charge on any atom is -0.496 e. The molecule has 0 bridgehead atoms. The number of hydrogen-bond donors (Lipinski definition) is 3. The number of para-hydroxylation sites is 1. The smallest absolute Gasteiger partial charge is 0.325 e. The van der Waals surface area contributed by atoms with E-state index in [1.807, 2.05) is 48.5 Å². The summed E-state index contributed by atoms with van der Waals surface area (Å²) in [5, 5.41) is 9.67. The van der Waals surface area contributed by atoms with Crippen LogP contribution in [0.1, 0.15) is 31.9 Å². The number of methoxy groups -OCH3 is 1. The van der Waals surface area contributed by atoms with E-state index < -0.39 is 29.6 Å². The highest BCUT2D eigenvalue weighted by Gasteiger charge is 2.27. The molecular formula is C23H30N2O5. The molecular weight excluding hydrogens is 384 g/mol. The zero-order valence-electron chi connectivity index (χ0n) is 17.8. The van der Waals surface area contributed by atoms with Gasteiger partial charge in [0.2, 0.25) is 0 Å². The van der Waals surface area contributed by atoms with Crippen LogP contribution in [0.25, 0.3) is 0 Å². The van der Waals surface area contributed by atoms with Crippen molar-refractivity contribution in [3.05, 3.63) is 65.7 Å². The van der Waals surface area contributed by atoms with Gasteiger partial charge in [-0.05, 0) is 44.4 Å². The lowest BCUT2D eigenvalue weighted by Gasteiger charge is -2.26. The molecule has 0 aliphatic rings. The Morgan fingerprint density at radius 3 is 2.13 bits per heavy atom. The Labute approximate surface area is 177 Å². The van der Waals surface area contributed by atoms with Gasteiger partial charge in [-0.1, -0.05) is 48.5 Å². The van der Waals surface area contributed by atoms with E-state index in [9.17, 15) is 14.7 Å². The molecule has 3 N–H and O–H groups in total. The highest BCUT2D eigenvalue weighted by Crippen LogP contribution is 2.19. The number of hydrogen-bond acceptors (Lipinski definition) is 6. The zero-order valence-corrected chi connectivity index (χ0v) is 17.8. The standard InChI is InChI=1S/C23H30N2O5/c1-23(2,3)30-22(28)19(14-16-10-6-5-7-11-16)25-24-18(21(26)27)15-17-12-8-9-13-20(17)29-4/h5-13,18-19,24-25H,14-15H2,1-4H3,(H,26,27)/t18-,19-/m0/s1. The molecule has 0 saturated carbocycles. The first-order chi connectivity index (χ1) is 14.2. The summed E-state index contributed by atoms with van der Waals surface area (Å²) in [6.45, 7) is 5.37. The Balaban J connectivity index is 2.13. The van der Waals surface area contributed by atoms with Gasteiger partial charge in [0, 0.05) is 6.42 Å². The molecule has 0 unspecified atom stereocenters. The van der Waals surface area contributed by atoms with Crippen molar-refractivity contribution in [2.45, 2.75) is 51.3 Å². The molecule has 0 aliphatic carbocycles. The maximum Gasteiger partial charge on any atom is 0.325 e. The molecule has 0 saturated heterocycles. The van der Waals surface area contributed by atoms with E-state index in [2.05, 4.69) is 10.9 Å². The third-order valence-corrected chi connectivity index (χ3v) is 4.32. The maximum absolute atomic E-state index is 12.7. The van der Waals surface area contributed by atoms with Crippen LogP contribution in [0.15, 0.2) is 54.6 Å². The second-order valence-corrected chi connectivity index (χ2v) is 7.97. The molecule has 0 aromatic heterocycles. The summed E-state index contributed by atoms with van der Waals surface area (Å²) in [6.07, 6.45) is 0.530. The van der Waals surface area contributed by atoms with Crippen LogP contribution < -0.4 is 15.6 Å². The first kappa shape index (κ1) is 23.4. The fourth-order valence-corrected chi connectivity index (χ4v) is 2.91. The molecule has 2 aromatic rings. The maximum atomic E-state index is 12.7. The van der Waals surface area contributed by atoms with Crippen LogP contribution >= 0.6 is 0 Å². The number of carbonyl (C=O) groups excluding carboxylic acids is 1. The SMILES string of the molecule is COc1ccccc1C[C@H](NN[C@@H](Cc1ccccc1)C(=O)OC(C)(C)C)C(=O)O. The number of ether oxygens (including phenoxy) is 2. The number of rotatable bonds is 10. The van der Waals surface area contributed by atoms with E-state index >= 15 is 0 Å². The van der Waals surface area contributed by atoms with Gasteiger partial charge < -0.3 is 14.6 Å². The number of hydrazine groups is 1. The van der Waals surface area contributed by atoms with Crippen molar-refractivity contribution in [2.75, 3.05) is 7.11 Å². The molecule has 0 heterocycles. The molecule has 0 aliphatic heterocycles. The van der Waals surface area contributed by atoms with Gasteiger partial charge in [0.15, 0.2) is 0 Å². The summed E-state index contributed by atoms with van der Waals surface area (Å²) in [4.78, 5) is 24.5. The van der Waals surface area contributed by atoms with Gasteiger partial charge in [-0.3, -0.25) is 9.59 Å². The average Bonchev–Trinajstić information content (AvgIpc) is 2.69. The van der Waals surface area contributed by atoms with Gasteiger partial charge in [0.1, 0.15) is 23.4 Å². The number of carboxylic acids is 1. The monoisotopic (exact) mass is 414 g/mol. The van der Waals surface area contributed by atoms with Crippen LogP contribution in [0.2, 0.25) is 0 Å². The molecule has 0 fully saturated rings. The summed E-state index contributed by atoms with van der Waals surface area (Å²) in [6, 6.07) is 15.0. The molecule has 2 rings (SSSR count). The zero-order chi connectivity index (χ0) is 22.1. The average molecular weight is 415 g/mol. The van der Waals surface area contributed by atoms with Gasteiger partial charge in [-0.2, -0.15) is 0 Å². The summed E-state index contributed by atoms with van der Waals surface area (Å²) >= 11 is 0. The molecule has 0 spiro atoms. The van der Waals surface area contributed by atoms with Gasteiger partial charge in [-0.25, -0.2) is 10.9 Å². The van der Waals surface area contributed by atoms with Crippen molar-refractivity contribution < 1.29 is 24.2 Å². The summed E-state index contributed by atoms with van der Waals surface area (Å²) in [5.74, 6) is -0.894. The van der Waals surface area contributed by atoms with Crippen molar-refractivity contribution in [1.29, 1.82) is 0 Å². The summed E-state index contributed by atoms with van der Waals surface area (Å²) < 4.78 is 10.8. The third kappa shape index (κ3) is 7.50. The number of carboxylic acid groups (broad SMARTS) is 1. The van der Waals surface area contributed by atoms with Crippen LogP contribution in [-0.2, 0) is 27.2 Å². The molecule has 7 nitrogen and oxygen atoms in total. The quantitative estimate of drug-likeness (QED) is 0.406. The Kier molecular flexibility index (Phi) is 8.38. The Morgan fingerprint density at radius 1 is 0.933 bits per heavy atom. The number of aliphatic carboxylic acids is 1. The molecule has 2 atom stereocenters. The largest absolute Gasteiger partial charge is 0.496 e.